The number of halogens is 2. The molecule has 0 unspecified atom stereocenters. The van der Waals surface area contributed by atoms with Crippen molar-refractivity contribution in [2.75, 3.05) is 5.73 Å². The second-order valence-electron chi connectivity index (χ2n) is 5.99. The molecule has 2 aromatic carbocycles. The Balaban J connectivity index is 1.79. The van der Waals surface area contributed by atoms with E-state index >= 15 is 0 Å². The van der Waals surface area contributed by atoms with Gasteiger partial charge in [-0.1, -0.05) is 12.1 Å². The maximum absolute atomic E-state index is 14.8. The predicted octanol–water partition coefficient (Wildman–Crippen LogP) is 3.41. The highest BCUT2D eigenvalue weighted by molar-refractivity contribution is 5.89. The van der Waals surface area contributed by atoms with Crippen LogP contribution in [0.1, 0.15) is 18.4 Å². The highest BCUT2D eigenvalue weighted by Gasteiger charge is 2.23. The maximum atomic E-state index is 14.8. The van der Waals surface area contributed by atoms with Crippen LogP contribution in [-0.4, -0.2) is 16.0 Å². The van der Waals surface area contributed by atoms with Crippen LogP contribution >= 0.6 is 0 Å². The molecule has 1 saturated carbocycles. The van der Waals surface area contributed by atoms with Crippen LogP contribution in [0.2, 0.25) is 0 Å². The van der Waals surface area contributed by atoms with E-state index in [1.807, 2.05) is 12.1 Å². The summed E-state index contributed by atoms with van der Waals surface area (Å²) in [5.74, 6) is -0.774. The van der Waals surface area contributed by atoms with Crippen molar-refractivity contribution < 1.29 is 8.78 Å². The Bertz CT molecular complexity index is 922. The molecule has 0 spiro atoms. The minimum Gasteiger partial charge on any atom is -0.383 e. The van der Waals surface area contributed by atoms with Gasteiger partial charge >= 0.3 is 0 Å². The molecule has 6 heteroatoms. The Kier molecular flexibility index (Phi) is 3.61. The fourth-order valence-corrected chi connectivity index (χ4v) is 2.69. The third-order valence-electron chi connectivity index (χ3n) is 4.20. The van der Waals surface area contributed by atoms with E-state index in [9.17, 15) is 8.78 Å². The number of nitrogens with zero attached hydrogens (tertiary/aromatic N) is 2. The number of anilines is 1. The zero-order valence-corrected chi connectivity index (χ0v) is 12.9. The van der Waals surface area contributed by atoms with E-state index in [4.69, 9.17) is 5.73 Å². The van der Waals surface area contributed by atoms with Crippen LogP contribution in [0, 0.1) is 11.6 Å². The number of aromatic nitrogens is 2. The maximum Gasteiger partial charge on any atom is 0.165 e. The van der Waals surface area contributed by atoms with Gasteiger partial charge in [0.25, 0.3) is 0 Å². The molecule has 0 saturated heterocycles. The van der Waals surface area contributed by atoms with E-state index in [0.29, 0.717) is 16.9 Å². The number of nitrogens with two attached hydrogens (primary N) is 1. The molecule has 122 valence electrons. The number of benzene rings is 2. The molecule has 3 N–H and O–H groups in total. The molecule has 24 heavy (non-hydrogen) atoms. The Morgan fingerprint density at radius 3 is 2.67 bits per heavy atom. The standard InChI is InChI=1S/C18H16F2N4/c19-14-8-7-12(16(20)13(14)9-22-10-5-6-10)18-23-15-4-2-1-3-11(15)17(21)24-18/h1-4,7-8,10,22H,5-6,9H2,(H2,21,23,24). The molecule has 4 nitrogen and oxygen atoms in total. The van der Waals surface area contributed by atoms with Crippen LogP contribution in [0.3, 0.4) is 0 Å². The molecule has 1 fully saturated rings. The Labute approximate surface area is 137 Å². The first-order valence-corrected chi connectivity index (χ1v) is 7.86. The smallest absolute Gasteiger partial charge is 0.165 e. The van der Waals surface area contributed by atoms with E-state index in [2.05, 4.69) is 15.3 Å². The third kappa shape index (κ3) is 2.69. The zero-order chi connectivity index (χ0) is 16.7. The van der Waals surface area contributed by atoms with Crippen molar-refractivity contribution >= 4 is 16.7 Å². The normalized spacial score (nSPS) is 14.2. The number of hydrogen-bond donors (Lipinski definition) is 2. The van der Waals surface area contributed by atoms with Gasteiger partial charge in [-0.25, -0.2) is 18.7 Å². The van der Waals surface area contributed by atoms with Crippen LogP contribution in [-0.2, 0) is 6.54 Å². The Morgan fingerprint density at radius 2 is 1.88 bits per heavy atom. The van der Waals surface area contributed by atoms with Gasteiger partial charge in [0, 0.05) is 23.5 Å². The number of nitrogen functional groups attached to an aromatic ring is 1. The van der Waals surface area contributed by atoms with Crippen LogP contribution in [0.5, 0.6) is 0 Å². The monoisotopic (exact) mass is 326 g/mol. The summed E-state index contributed by atoms with van der Waals surface area (Å²) in [5.41, 5.74) is 6.75. The summed E-state index contributed by atoms with van der Waals surface area (Å²) in [6, 6.07) is 10.2. The molecular formula is C18H16F2N4. The first kappa shape index (κ1) is 15.0. The van der Waals surface area contributed by atoms with Gasteiger partial charge in [-0.05, 0) is 37.1 Å². The van der Waals surface area contributed by atoms with Gasteiger partial charge in [0.15, 0.2) is 5.82 Å². The van der Waals surface area contributed by atoms with Crippen LogP contribution in [0.25, 0.3) is 22.3 Å². The largest absolute Gasteiger partial charge is 0.383 e. The lowest BCUT2D eigenvalue weighted by molar-refractivity contribution is 0.536. The lowest BCUT2D eigenvalue weighted by atomic mass is 10.1. The average molecular weight is 326 g/mol. The van der Waals surface area contributed by atoms with E-state index in [1.165, 1.54) is 12.1 Å². The van der Waals surface area contributed by atoms with Crippen LogP contribution < -0.4 is 11.1 Å². The number of nitrogens with one attached hydrogen (secondary N) is 1. The summed E-state index contributed by atoms with van der Waals surface area (Å²) in [7, 11) is 0. The van der Waals surface area contributed by atoms with Crippen molar-refractivity contribution in [1.82, 2.24) is 15.3 Å². The molecule has 3 aromatic rings. The van der Waals surface area contributed by atoms with E-state index < -0.39 is 11.6 Å². The second-order valence-corrected chi connectivity index (χ2v) is 5.99. The minimum atomic E-state index is -0.641. The topological polar surface area (TPSA) is 63.8 Å². The van der Waals surface area contributed by atoms with Crippen molar-refractivity contribution in [3.8, 4) is 11.4 Å². The van der Waals surface area contributed by atoms with Gasteiger partial charge in [-0.15, -0.1) is 0 Å². The second kappa shape index (κ2) is 5.79. The summed E-state index contributed by atoms with van der Waals surface area (Å²) in [6.45, 7) is 0.152. The molecule has 1 heterocycles. The SMILES string of the molecule is Nc1nc(-c2ccc(F)c(CNC3CC3)c2F)nc2ccccc12. The van der Waals surface area contributed by atoms with E-state index in [-0.39, 0.29) is 29.3 Å². The number of hydrogen-bond acceptors (Lipinski definition) is 4. The molecule has 0 amide bonds. The van der Waals surface area contributed by atoms with Crippen molar-refractivity contribution in [1.29, 1.82) is 0 Å². The first-order chi connectivity index (χ1) is 11.6. The Morgan fingerprint density at radius 1 is 1.08 bits per heavy atom. The van der Waals surface area contributed by atoms with Crippen molar-refractivity contribution in [2.45, 2.75) is 25.4 Å². The fourth-order valence-electron chi connectivity index (χ4n) is 2.69. The van der Waals surface area contributed by atoms with Crippen molar-refractivity contribution in [2.24, 2.45) is 0 Å². The number of fused-ring (bicyclic) bond motifs is 1. The van der Waals surface area contributed by atoms with Gasteiger partial charge in [0.05, 0.1) is 11.1 Å². The molecule has 4 rings (SSSR count). The minimum absolute atomic E-state index is 0.00901. The average Bonchev–Trinajstić information content (AvgIpc) is 3.39. The van der Waals surface area contributed by atoms with E-state index in [0.717, 1.165) is 12.8 Å². The van der Waals surface area contributed by atoms with Crippen LogP contribution in [0.4, 0.5) is 14.6 Å². The van der Waals surface area contributed by atoms with Crippen molar-refractivity contribution in [3.05, 3.63) is 53.6 Å². The van der Waals surface area contributed by atoms with Gasteiger partial charge in [0.2, 0.25) is 0 Å². The highest BCUT2D eigenvalue weighted by Crippen LogP contribution is 2.28. The molecule has 1 aliphatic rings. The predicted molar refractivity (Wildman–Crippen MR) is 89.2 cm³/mol. The number of rotatable bonds is 4. The molecule has 0 bridgehead atoms. The summed E-state index contributed by atoms with van der Waals surface area (Å²) in [5, 5.41) is 3.84. The lowest BCUT2D eigenvalue weighted by Crippen LogP contribution is -2.18. The molecule has 1 aliphatic carbocycles. The number of para-hydroxylation sites is 1. The van der Waals surface area contributed by atoms with E-state index in [1.54, 1.807) is 12.1 Å². The fraction of sp³-hybridized carbons (Fsp3) is 0.222. The van der Waals surface area contributed by atoms with Gasteiger partial charge in [0.1, 0.15) is 17.5 Å². The van der Waals surface area contributed by atoms with Gasteiger partial charge < -0.3 is 11.1 Å². The lowest BCUT2D eigenvalue weighted by Gasteiger charge is -2.11. The summed E-state index contributed by atoms with van der Waals surface area (Å²) in [6.07, 6.45) is 2.10. The van der Waals surface area contributed by atoms with Gasteiger partial charge in [-0.3, -0.25) is 0 Å². The molecule has 0 aliphatic heterocycles. The molecular weight excluding hydrogens is 310 g/mol. The van der Waals surface area contributed by atoms with Gasteiger partial charge in [-0.2, -0.15) is 0 Å². The highest BCUT2D eigenvalue weighted by atomic mass is 19.1. The first-order valence-electron chi connectivity index (χ1n) is 7.86. The molecule has 1 aromatic heterocycles. The Hall–Kier alpha value is -2.60. The quantitative estimate of drug-likeness (QED) is 0.771. The molecule has 0 radical (unpaired) electrons. The third-order valence-corrected chi connectivity index (χ3v) is 4.20. The summed E-state index contributed by atoms with van der Waals surface area (Å²) in [4.78, 5) is 8.57. The molecule has 0 atom stereocenters. The van der Waals surface area contributed by atoms with Crippen LogP contribution in [0.15, 0.2) is 36.4 Å². The van der Waals surface area contributed by atoms with Crippen molar-refractivity contribution in [3.63, 3.8) is 0 Å². The summed E-state index contributed by atoms with van der Waals surface area (Å²) >= 11 is 0. The zero-order valence-electron chi connectivity index (χ0n) is 12.9. The summed E-state index contributed by atoms with van der Waals surface area (Å²) < 4.78 is 28.8.